The number of nitrogens with zero attached hydrogens (tertiary/aromatic N) is 4. The third kappa shape index (κ3) is 3.21. The number of nitrogens with one attached hydrogen (secondary N) is 1. The molecular weight excluding hydrogens is 358 g/mol. The molecule has 8 nitrogen and oxygen atoms in total. The fourth-order valence-corrected chi connectivity index (χ4v) is 3.74. The van der Waals surface area contributed by atoms with E-state index in [-0.39, 0.29) is 11.9 Å². The standard InChI is InChI=1S/C20H21N5O3/c26-20(16-12-19-21-6-2-8-25(19)23-16)24-7-1-3-15(13-24)22-14-4-5-17-18(11-14)28-10-9-27-17/h2,4-6,8,11-12,15,22H,1,3,7,9-10,13H2/t15-/m0/s1. The van der Waals surface area contributed by atoms with Crippen LogP contribution < -0.4 is 14.8 Å². The van der Waals surface area contributed by atoms with Crippen molar-refractivity contribution in [3.05, 3.63) is 48.4 Å². The molecule has 0 bridgehead atoms. The van der Waals surface area contributed by atoms with Crippen molar-refractivity contribution in [2.45, 2.75) is 18.9 Å². The Hall–Kier alpha value is -3.29. The Bertz CT molecular complexity index is 985. The minimum atomic E-state index is -0.0563. The molecule has 1 fully saturated rings. The summed E-state index contributed by atoms with van der Waals surface area (Å²) in [5.74, 6) is 1.48. The highest BCUT2D eigenvalue weighted by atomic mass is 16.6. The number of aromatic nitrogens is 3. The first-order valence-electron chi connectivity index (χ1n) is 9.52. The monoisotopic (exact) mass is 379 g/mol. The molecule has 1 atom stereocenters. The van der Waals surface area contributed by atoms with Crippen LogP contribution in [0.5, 0.6) is 11.5 Å². The van der Waals surface area contributed by atoms with E-state index in [1.54, 1.807) is 29.0 Å². The van der Waals surface area contributed by atoms with Crippen molar-refractivity contribution in [2.75, 3.05) is 31.6 Å². The van der Waals surface area contributed by atoms with E-state index in [1.165, 1.54) is 0 Å². The molecule has 3 aromatic rings. The minimum absolute atomic E-state index is 0.0563. The van der Waals surface area contributed by atoms with Crippen LogP contribution in [0.15, 0.2) is 42.7 Å². The zero-order valence-corrected chi connectivity index (χ0v) is 15.4. The van der Waals surface area contributed by atoms with Gasteiger partial charge in [-0.1, -0.05) is 0 Å². The molecule has 4 heterocycles. The largest absolute Gasteiger partial charge is 0.486 e. The molecule has 2 aliphatic heterocycles. The Morgan fingerprint density at radius 1 is 1.18 bits per heavy atom. The van der Waals surface area contributed by atoms with Gasteiger partial charge in [0.25, 0.3) is 5.91 Å². The number of carbonyl (C=O) groups is 1. The van der Waals surface area contributed by atoms with Gasteiger partial charge in [0.1, 0.15) is 13.2 Å². The highest BCUT2D eigenvalue weighted by Crippen LogP contribution is 2.33. The number of ether oxygens (including phenoxy) is 2. The van der Waals surface area contributed by atoms with Crippen LogP contribution in [-0.2, 0) is 0 Å². The first kappa shape index (κ1) is 16.9. The predicted octanol–water partition coefficient (Wildman–Crippen LogP) is 2.22. The maximum Gasteiger partial charge on any atom is 0.274 e. The molecular formula is C20H21N5O3. The number of piperidine rings is 1. The number of fused-ring (bicyclic) bond motifs is 2. The summed E-state index contributed by atoms with van der Waals surface area (Å²) >= 11 is 0. The Balaban J connectivity index is 1.28. The van der Waals surface area contributed by atoms with Crippen LogP contribution in [0.25, 0.3) is 5.65 Å². The number of hydrogen-bond acceptors (Lipinski definition) is 6. The molecule has 0 spiro atoms. The summed E-state index contributed by atoms with van der Waals surface area (Å²) in [7, 11) is 0. The number of likely N-dealkylation sites (tertiary alicyclic amines) is 1. The number of hydrogen-bond donors (Lipinski definition) is 1. The minimum Gasteiger partial charge on any atom is -0.486 e. The summed E-state index contributed by atoms with van der Waals surface area (Å²) in [6.45, 7) is 2.52. The summed E-state index contributed by atoms with van der Waals surface area (Å²) in [4.78, 5) is 19.0. The van der Waals surface area contributed by atoms with Crippen LogP contribution in [0.1, 0.15) is 23.3 Å². The molecule has 1 N–H and O–H groups in total. The first-order chi connectivity index (χ1) is 13.8. The van der Waals surface area contributed by atoms with E-state index >= 15 is 0 Å². The second kappa shape index (κ2) is 7.03. The molecule has 144 valence electrons. The van der Waals surface area contributed by atoms with Crippen molar-refractivity contribution in [1.82, 2.24) is 19.5 Å². The molecule has 0 radical (unpaired) electrons. The zero-order chi connectivity index (χ0) is 18.9. The van der Waals surface area contributed by atoms with Crippen molar-refractivity contribution >= 4 is 17.2 Å². The van der Waals surface area contributed by atoms with Crippen molar-refractivity contribution in [3.63, 3.8) is 0 Å². The number of anilines is 1. The number of carbonyl (C=O) groups excluding carboxylic acids is 1. The lowest BCUT2D eigenvalue weighted by Gasteiger charge is -2.33. The molecule has 1 aromatic carbocycles. The topological polar surface area (TPSA) is 81.0 Å². The summed E-state index contributed by atoms with van der Waals surface area (Å²) in [6.07, 6.45) is 5.44. The van der Waals surface area contributed by atoms with E-state index in [4.69, 9.17) is 9.47 Å². The van der Waals surface area contributed by atoms with Crippen molar-refractivity contribution in [3.8, 4) is 11.5 Å². The van der Waals surface area contributed by atoms with Crippen molar-refractivity contribution < 1.29 is 14.3 Å². The molecule has 8 heteroatoms. The lowest BCUT2D eigenvalue weighted by Crippen LogP contribution is -2.45. The maximum atomic E-state index is 12.9. The molecule has 2 aliphatic rings. The Labute approximate surface area is 162 Å². The molecule has 0 saturated carbocycles. The lowest BCUT2D eigenvalue weighted by atomic mass is 10.0. The average Bonchev–Trinajstić information content (AvgIpc) is 3.17. The summed E-state index contributed by atoms with van der Waals surface area (Å²) in [6, 6.07) is 9.58. The summed E-state index contributed by atoms with van der Waals surface area (Å²) < 4.78 is 12.9. The zero-order valence-electron chi connectivity index (χ0n) is 15.4. The lowest BCUT2D eigenvalue weighted by molar-refractivity contribution is 0.0708. The molecule has 5 rings (SSSR count). The van der Waals surface area contributed by atoms with Gasteiger partial charge in [-0.25, -0.2) is 9.50 Å². The van der Waals surface area contributed by atoms with E-state index in [9.17, 15) is 4.79 Å². The summed E-state index contributed by atoms with van der Waals surface area (Å²) in [5, 5.41) is 7.88. The number of benzene rings is 1. The molecule has 1 saturated heterocycles. The number of rotatable bonds is 3. The molecule has 28 heavy (non-hydrogen) atoms. The fraction of sp³-hybridized carbons (Fsp3) is 0.350. The second-order valence-corrected chi connectivity index (χ2v) is 7.05. The molecule has 1 amide bonds. The van der Waals surface area contributed by atoms with Gasteiger partial charge in [-0.15, -0.1) is 0 Å². The van der Waals surface area contributed by atoms with Gasteiger partial charge < -0.3 is 19.7 Å². The van der Waals surface area contributed by atoms with Crippen molar-refractivity contribution in [1.29, 1.82) is 0 Å². The Morgan fingerprint density at radius 3 is 2.96 bits per heavy atom. The predicted molar refractivity (Wildman–Crippen MR) is 103 cm³/mol. The van der Waals surface area contributed by atoms with Crippen LogP contribution in [0.4, 0.5) is 5.69 Å². The van der Waals surface area contributed by atoms with Crippen LogP contribution in [-0.4, -0.2) is 57.8 Å². The van der Waals surface area contributed by atoms with Gasteiger partial charge in [0, 0.05) is 49.3 Å². The quantitative estimate of drug-likeness (QED) is 0.752. The van der Waals surface area contributed by atoms with Gasteiger partial charge in [0.2, 0.25) is 0 Å². The Morgan fingerprint density at radius 2 is 2.07 bits per heavy atom. The molecule has 0 unspecified atom stereocenters. The van der Waals surface area contributed by atoms with Crippen LogP contribution in [0, 0.1) is 0 Å². The smallest absolute Gasteiger partial charge is 0.274 e. The average molecular weight is 379 g/mol. The summed E-state index contributed by atoms with van der Waals surface area (Å²) in [5.41, 5.74) is 2.08. The third-order valence-corrected chi connectivity index (χ3v) is 5.08. The third-order valence-electron chi connectivity index (χ3n) is 5.08. The normalized spacial score (nSPS) is 18.9. The second-order valence-electron chi connectivity index (χ2n) is 7.05. The SMILES string of the molecule is O=C(c1cc2ncccn2n1)N1CCC[C@H](Nc2ccc3c(c2)OCCO3)C1. The van der Waals surface area contributed by atoms with E-state index in [0.717, 1.165) is 36.6 Å². The molecule has 2 aromatic heterocycles. The van der Waals surface area contributed by atoms with Gasteiger partial charge in [-0.05, 0) is 31.0 Å². The van der Waals surface area contributed by atoms with Gasteiger partial charge in [-0.2, -0.15) is 5.10 Å². The maximum absolute atomic E-state index is 12.9. The highest BCUT2D eigenvalue weighted by molar-refractivity contribution is 5.93. The van der Waals surface area contributed by atoms with Crippen LogP contribution in [0.3, 0.4) is 0 Å². The number of amides is 1. The Kier molecular flexibility index (Phi) is 4.23. The van der Waals surface area contributed by atoms with Gasteiger partial charge in [0.15, 0.2) is 22.8 Å². The van der Waals surface area contributed by atoms with Gasteiger partial charge >= 0.3 is 0 Å². The van der Waals surface area contributed by atoms with E-state index < -0.39 is 0 Å². The first-order valence-corrected chi connectivity index (χ1v) is 9.52. The van der Waals surface area contributed by atoms with E-state index in [2.05, 4.69) is 15.4 Å². The van der Waals surface area contributed by atoms with E-state index in [0.29, 0.717) is 31.1 Å². The highest BCUT2D eigenvalue weighted by Gasteiger charge is 2.26. The molecule has 0 aliphatic carbocycles. The van der Waals surface area contributed by atoms with E-state index in [1.807, 2.05) is 23.1 Å². The van der Waals surface area contributed by atoms with Gasteiger partial charge in [-0.3, -0.25) is 4.79 Å². The van der Waals surface area contributed by atoms with Crippen LogP contribution in [0.2, 0.25) is 0 Å². The van der Waals surface area contributed by atoms with Crippen LogP contribution >= 0.6 is 0 Å². The van der Waals surface area contributed by atoms with Crippen molar-refractivity contribution in [2.24, 2.45) is 0 Å². The van der Waals surface area contributed by atoms with Gasteiger partial charge in [0.05, 0.1) is 0 Å². The fourth-order valence-electron chi connectivity index (χ4n) is 3.74.